The van der Waals surface area contributed by atoms with Gasteiger partial charge < -0.3 is 14.8 Å². The second kappa shape index (κ2) is 7.55. The van der Waals surface area contributed by atoms with E-state index in [4.69, 9.17) is 0 Å². The van der Waals surface area contributed by atoms with Crippen molar-refractivity contribution in [2.45, 2.75) is 51.5 Å². The maximum Gasteiger partial charge on any atom is 0.257 e. The number of imidazole rings is 1. The summed E-state index contributed by atoms with van der Waals surface area (Å²) in [6, 6.07) is 7.99. The summed E-state index contributed by atoms with van der Waals surface area (Å²) in [5.41, 5.74) is 4.52. The van der Waals surface area contributed by atoms with Gasteiger partial charge in [0, 0.05) is 36.6 Å². The molecule has 2 aromatic heterocycles. The average Bonchev–Trinajstić information content (AvgIpc) is 3.49. The van der Waals surface area contributed by atoms with Crippen LogP contribution in [0.4, 0.5) is 11.4 Å². The summed E-state index contributed by atoms with van der Waals surface area (Å²) in [5, 5.41) is 2.98. The van der Waals surface area contributed by atoms with Gasteiger partial charge >= 0.3 is 0 Å². The van der Waals surface area contributed by atoms with Crippen LogP contribution >= 0.6 is 0 Å². The Morgan fingerprint density at radius 3 is 2.73 bits per heavy atom. The molecule has 1 saturated carbocycles. The van der Waals surface area contributed by atoms with Crippen molar-refractivity contribution >= 4 is 34.4 Å². The number of nitrogens with zero attached hydrogens (tertiary/aromatic N) is 4. The summed E-state index contributed by atoms with van der Waals surface area (Å²) in [6.45, 7) is 2.66. The van der Waals surface area contributed by atoms with E-state index in [1.54, 1.807) is 17.2 Å². The highest BCUT2D eigenvalue weighted by Gasteiger charge is 2.23. The Morgan fingerprint density at radius 2 is 1.97 bits per heavy atom. The standard InChI is InChI=1S/C23H25N5O2/c1-15-8-9-18(27-10-4-7-21(27)29)12-19(15)26-23(30)16-11-20-22(24-13-16)28(14-25-20)17-5-2-3-6-17/h8-9,11-14,17H,2-7,10H2,1H3,(H,26,30). The lowest BCUT2D eigenvalue weighted by Gasteiger charge is -2.18. The van der Waals surface area contributed by atoms with Gasteiger partial charge in [-0.15, -0.1) is 0 Å². The molecule has 7 nitrogen and oxygen atoms in total. The fraction of sp³-hybridized carbons (Fsp3) is 0.391. The number of rotatable bonds is 4. The lowest BCUT2D eigenvalue weighted by molar-refractivity contribution is -0.117. The third-order valence-corrected chi connectivity index (χ3v) is 6.25. The third kappa shape index (κ3) is 3.34. The van der Waals surface area contributed by atoms with Crippen molar-refractivity contribution in [2.24, 2.45) is 0 Å². The van der Waals surface area contributed by atoms with E-state index in [2.05, 4.69) is 19.9 Å². The maximum atomic E-state index is 12.9. The van der Waals surface area contributed by atoms with Gasteiger partial charge in [0.25, 0.3) is 5.91 Å². The molecule has 154 valence electrons. The van der Waals surface area contributed by atoms with Gasteiger partial charge in [0.1, 0.15) is 5.52 Å². The van der Waals surface area contributed by atoms with Crippen molar-refractivity contribution < 1.29 is 9.59 Å². The number of aromatic nitrogens is 3. The zero-order valence-electron chi connectivity index (χ0n) is 17.1. The molecule has 2 fully saturated rings. The molecule has 5 rings (SSSR count). The van der Waals surface area contributed by atoms with Crippen LogP contribution in [0.2, 0.25) is 0 Å². The molecular weight excluding hydrogens is 378 g/mol. The largest absolute Gasteiger partial charge is 0.322 e. The number of nitrogens with one attached hydrogen (secondary N) is 1. The first-order valence-electron chi connectivity index (χ1n) is 10.6. The van der Waals surface area contributed by atoms with Crippen molar-refractivity contribution in [1.82, 2.24) is 14.5 Å². The monoisotopic (exact) mass is 403 g/mol. The van der Waals surface area contributed by atoms with Crippen LogP contribution in [0, 0.1) is 6.92 Å². The molecule has 0 atom stereocenters. The summed E-state index contributed by atoms with van der Waals surface area (Å²) >= 11 is 0. The van der Waals surface area contributed by atoms with Crippen molar-refractivity contribution in [3.8, 4) is 0 Å². The summed E-state index contributed by atoms with van der Waals surface area (Å²) in [5.74, 6) is -0.101. The highest BCUT2D eigenvalue weighted by molar-refractivity contribution is 6.06. The molecule has 3 heterocycles. The van der Waals surface area contributed by atoms with Gasteiger partial charge in [-0.3, -0.25) is 9.59 Å². The number of benzene rings is 1. The number of carbonyl (C=O) groups excluding carboxylic acids is 2. The zero-order valence-corrected chi connectivity index (χ0v) is 17.1. The van der Waals surface area contributed by atoms with Gasteiger partial charge in [0.05, 0.1) is 11.9 Å². The number of amides is 2. The first-order chi connectivity index (χ1) is 14.6. The molecule has 7 heteroatoms. The van der Waals surface area contributed by atoms with Gasteiger partial charge in [-0.2, -0.15) is 0 Å². The van der Waals surface area contributed by atoms with Crippen molar-refractivity contribution in [3.05, 3.63) is 47.9 Å². The van der Waals surface area contributed by atoms with Gasteiger partial charge in [-0.05, 0) is 49.9 Å². The van der Waals surface area contributed by atoms with Crippen molar-refractivity contribution in [2.75, 3.05) is 16.8 Å². The van der Waals surface area contributed by atoms with Crippen LogP contribution in [0.25, 0.3) is 11.2 Å². The van der Waals surface area contributed by atoms with Gasteiger partial charge in [-0.25, -0.2) is 9.97 Å². The van der Waals surface area contributed by atoms with Crippen LogP contribution in [0.15, 0.2) is 36.8 Å². The predicted octanol–water partition coefficient (Wildman–Crippen LogP) is 4.23. The molecule has 1 aliphatic carbocycles. The molecule has 0 spiro atoms. The van der Waals surface area contributed by atoms with Crippen LogP contribution in [0.1, 0.15) is 60.5 Å². The second-order valence-corrected chi connectivity index (χ2v) is 8.26. The fourth-order valence-electron chi connectivity index (χ4n) is 4.52. The Bertz CT molecular complexity index is 1130. The van der Waals surface area contributed by atoms with E-state index >= 15 is 0 Å². The minimum absolute atomic E-state index is 0.128. The lowest BCUT2D eigenvalue weighted by Crippen LogP contribution is -2.24. The molecule has 1 saturated heterocycles. The third-order valence-electron chi connectivity index (χ3n) is 6.25. The Labute approximate surface area is 175 Å². The van der Waals surface area contributed by atoms with Crippen LogP contribution in [0.3, 0.4) is 0 Å². The average molecular weight is 403 g/mol. The first kappa shape index (κ1) is 18.8. The zero-order chi connectivity index (χ0) is 20.7. The number of aryl methyl sites for hydroxylation is 1. The molecular formula is C23H25N5O2. The van der Waals surface area contributed by atoms with E-state index in [-0.39, 0.29) is 11.8 Å². The quantitative estimate of drug-likeness (QED) is 0.707. The smallest absolute Gasteiger partial charge is 0.257 e. The molecule has 0 unspecified atom stereocenters. The number of carbonyl (C=O) groups is 2. The van der Waals surface area contributed by atoms with E-state index in [0.717, 1.165) is 48.2 Å². The SMILES string of the molecule is Cc1ccc(N2CCCC2=O)cc1NC(=O)c1cnc2c(c1)ncn2C1CCCC1. The van der Waals surface area contributed by atoms with Crippen molar-refractivity contribution in [3.63, 3.8) is 0 Å². The molecule has 1 aliphatic heterocycles. The molecule has 30 heavy (non-hydrogen) atoms. The van der Waals surface area contributed by atoms with Crippen LogP contribution in [0.5, 0.6) is 0 Å². The van der Waals surface area contributed by atoms with Gasteiger partial charge in [0.15, 0.2) is 5.65 Å². The summed E-state index contributed by atoms with van der Waals surface area (Å²) in [4.78, 5) is 35.8. The maximum absolute atomic E-state index is 12.9. The topological polar surface area (TPSA) is 80.1 Å². The Hall–Kier alpha value is -3.22. The Balaban J connectivity index is 1.38. The van der Waals surface area contributed by atoms with E-state index in [1.165, 1.54) is 12.8 Å². The van der Waals surface area contributed by atoms with Crippen LogP contribution < -0.4 is 10.2 Å². The Morgan fingerprint density at radius 1 is 1.13 bits per heavy atom. The van der Waals surface area contributed by atoms with Crippen molar-refractivity contribution in [1.29, 1.82) is 0 Å². The summed E-state index contributed by atoms with van der Waals surface area (Å²) in [6.07, 6.45) is 9.71. The molecule has 1 N–H and O–H groups in total. The van der Waals surface area contributed by atoms with Gasteiger partial charge in [0.2, 0.25) is 5.91 Å². The molecule has 0 bridgehead atoms. The highest BCUT2D eigenvalue weighted by Crippen LogP contribution is 2.32. The molecule has 1 aromatic carbocycles. The van der Waals surface area contributed by atoms with E-state index in [1.807, 2.05) is 31.5 Å². The molecule has 2 aliphatic rings. The second-order valence-electron chi connectivity index (χ2n) is 8.26. The minimum Gasteiger partial charge on any atom is -0.322 e. The summed E-state index contributed by atoms with van der Waals surface area (Å²) in [7, 11) is 0. The summed E-state index contributed by atoms with van der Waals surface area (Å²) < 4.78 is 2.14. The lowest BCUT2D eigenvalue weighted by atomic mass is 10.1. The molecule has 2 amide bonds. The highest BCUT2D eigenvalue weighted by atomic mass is 16.2. The minimum atomic E-state index is -0.229. The van der Waals surface area contributed by atoms with E-state index < -0.39 is 0 Å². The molecule has 3 aromatic rings. The molecule has 0 radical (unpaired) electrons. The Kier molecular flexibility index (Phi) is 4.73. The van der Waals surface area contributed by atoms with Crippen LogP contribution in [-0.4, -0.2) is 32.9 Å². The number of anilines is 2. The first-order valence-corrected chi connectivity index (χ1v) is 10.6. The van der Waals surface area contributed by atoms with E-state index in [9.17, 15) is 9.59 Å². The number of hydrogen-bond donors (Lipinski definition) is 1. The van der Waals surface area contributed by atoms with E-state index in [0.29, 0.717) is 23.7 Å². The number of pyridine rings is 1. The predicted molar refractivity (Wildman–Crippen MR) is 116 cm³/mol. The van der Waals surface area contributed by atoms with Gasteiger partial charge in [-0.1, -0.05) is 18.9 Å². The normalized spacial score (nSPS) is 17.2. The fourth-order valence-corrected chi connectivity index (χ4v) is 4.52. The number of hydrogen-bond acceptors (Lipinski definition) is 4. The number of fused-ring (bicyclic) bond motifs is 1. The van der Waals surface area contributed by atoms with Crippen LogP contribution in [-0.2, 0) is 4.79 Å².